The van der Waals surface area contributed by atoms with Crippen molar-refractivity contribution in [3.8, 4) is 0 Å². The average Bonchev–Trinajstić information content (AvgIpc) is 3.16. The van der Waals surface area contributed by atoms with E-state index in [0.29, 0.717) is 24.9 Å². The Balaban J connectivity index is 1.58. The van der Waals surface area contributed by atoms with Crippen LogP contribution in [0.1, 0.15) is 36.0 Å². The van der Waals surface area contributed by atoms with Crippen molar-refractivity contribution >= 4 is 5.91 Å². The maximum atomic E-state index is 11.8. The van der Waals surface area contributed by atoms with E-state index in [1.165, 1.54) is 24.0 Å². The number of aliphatic hydroxyl groups is 1. The summed E-state index contributed by atoms with van der Waals surface area (Å²) in [4.78, 5) is 13.6. The molecule has 112 valence electrons. The summed E-state index contributed by atoms with van der Waals surface area (Å²) in [6.07, 6.45) is 2.69. The van der Waals surface area contributed by atoms with E-state index in [1.54, 1.807) is 4.90 Å². The van der Waals surface area contributed by atoms with Crippen molar-refractivity contribution in [2.45, 2.75) is 24.9 Å². The first-order valence-corrected chi connectivity index (χ1v) is 7.87. The molecule has 0 unspecified atom stereocenters. The molecule has 0 aromatic heterocycles. The van der Waals surface area contributed by atoms with Crippen molar-refractivity contribution in [1.29, 1.82) is 0 Å². The highest BCUT2D eigenvalue weighted by molar-refractivity contribution is 5.77. The van der Waals surface area contributed by atoms with E-state index in [1.807, 2.05) is 0 Å². The molecule has 4 heteroatoms. The van der Waals surface area contributed by atoms with Gasteiger partial charge in [-0.2, -0.15) is 0 Å². The topological polar surface area (TPSA) is 49.8 Å². The SMILES string of the molecule is O=C(CO)N1C[C@@H]2[C@H](OCC3CC3)c3ccccc3[C@@H]2C1. The number of likely N-dealkylation sites (tertiary alicyclic amines) is 1. The smallest absolute Gasteiger partial charge is 0.248 e. The third-order valence-electron chi connectivity index (χ3n) is 5.15. The lowest BCUT2D eigenvalue weighted by molar-refractivity contribution is -0.133. The van der Waals surface area contributed by atoms with Gasteiger partial charge in [-0.05, 0) is 29.9 Å². The zero-order valence-corrected chi connectivity index (χ0v) is 12.1. The molecule has 2 fully saturated rings. The number of rotatable bonds is 4. The number of aliphatic hydroxyl groups excluding tert-OH is 1. The fourth-order valence-corrected chi connectivity index (χ4v) is 3.84. The van der Waals surface area contributed by atoms with Crippen LogP contribution in [-0.2, 0) is 9.53 Å². The minimum absolute atomic E-state index is 0.114. The number of carbonyl (C=O) groups is 1. The maximum Gasteiger partial charge on any atom is 0.248 e. The molecule has 3 aliphatic rings. The molecule has 4 nitrogen and oxygen atoms in total. The van der Waals surface area contributed by atoms with Crippen LogP contribution in [0.15, 0.2) is 24.3 Å². The second kappa shape index (κ2) is 5.11. The number of fused-ring (bicyclic) bond motifs is 3. The highest BCUT2D eigenvalue weighted by atomic mass is 16.5. The zero-order valence-electron chi connectivity index (χ0n) is 12.1. The molecule has 2 aliphatic carbocycles. The van der Waals surface area contributed by atoms with E-state index in [0.717, 1.165) is 12.5 Å². The van der Waals surface area contributed by atoms with Crippen LogP contribution >= 0.6 is 0 Å². The van der Waals surface area contributed by atoms with Gasteiger partial charge >= 0.3 is 0 Å². The van der Waals surface area contributed by atoms with Gasteiger partial charge in [-0.25, -0.2) is 0 Å². The van der Waals surface area contributed by atoms with Crippen molar-refractivity contribution < 1.29 is 14.6 Å². The van der Waals surface area contributed by atoms with E-state index in [9.17, 15) is 4.79 Å². The van der Waals surface area contributed by atoms with E-state index >= 15 is 0 Å². The lowest BCUT2D eigenvalue weighted by Gasteiger charge is -2.22. The third kappa shape index (κ3) is 2.27. The number of nitrogens with zero attached hydrogens (tertiary/aromatic N) is 1. The van der Waals surface area contributed by atoms with Gasteiger partial charge in [-0.15, -0.1) is 0 Å². The fraction of sp³-hybridized carbons (Fsp3) is 0.588. The van der Waals surface area contributed by atoms with Gasteiger partial charge in [-0.3, -0.25) is 4.79 Å². The minimum Gasteiger partial charge on any atom is -0.387 e. The first-order chi connectivity index (χ1) is 10.3. The summed E-state index contributed by atoms with van der Waals surface area (Å²) in [5.41, 5.74) is 2.64. The standard InChI is InChI=1S/C17H21NO3/c19-9-16(20)18-7-14-12-3-1-2-4-13(12)17(15(14)8-18)21-10-11-5-6-11/h1-4,11,14-15,17,19H,5-10H2/t14-,15-,17+/m0/s1. The Kier molecular flexibility index (Phi) is 3.23. The molecule has 1 saturated carbocycles. The molecule has 3 atom stereocenters. The normalized spacial score (nSPS) is 30.3. The van der Waals surface area contributed by atoms with Gasteiger partial charge < -0.3 is 14.7 Å². The van der Waals surface area contributed by atoms with E-state index in [-0.39, 0.29) is 12.0 Å². The highest BCUT2D eigenvalue weighted by Gasteiger charge is 2.48. The number of benzene rings is 1. The molecular weight excluding hydrogens is 266 g/mol. The summed E-state index contributed by atoms with van der Waals surface area (Å²) < 4.78 is 6.23. The first kappa shape index (κ1) is 13.3. The second-order valence-electron chi connectivity index (χ2n) is 6.55. The Hall–Kier alpha value is -1.39. The summed E-state index contributed by atoms with van der Waals surface area (Å²) in [6.45, 7) is 1.86. The van der Waals surface area contributed by atoms with Crippen molar-refractivity contribution in [3.05, 3.63) is 35.4 Å². The average molecular weight is 287 g/mol. The number of ether oxygens (including phenoxy) is 1. The largest absolute Gasteiger partial charge is 0.387 e. The third-order valence-corrected chi connectivity index (χ3v) is 5.15. The van der Waals surface area contributed by atoms with Crippen LogP contribution in [0.3, 0.4) is 0 Å². The number of carbonyl (C=O) groups excluding carboxylic acids is 1. The quantitative estimate of drug-likeness (QED) is 0.917. The van der Waals surface area contributed by atoms with Gasteiger partial charge in [0.05, 0.1) is 12.7 Å². The Morgan fingerprint density at radius 1 is 1.24 bits per heavy atom. The maximum absolute atomic E-state index is 11.8. The first-order valence-electron chi connectivity index (χ1n) is 7.87. The van der Waals surface area contributed by atoms with Crippen LogP contribution < -0.4 is 0 Å². The predicted octanol–water partition coefficient (Wildman–Crippen LogP) is 1.70. The summed E-state index contributed by atoms with van der Waals surface area (Å²) in [6, 6.07) is 8.48. The van der Waals surface area contributed by atoms with Crippen molar-refractivity contribution in [1.82, 2.24) is 4.90 Å². The molecule has 1 aromatic carbocycles. The summed E-state index contributed by atoms with van der Waals surface area (Å²) in [5, 5.41) is 9.08. The number of amides is 1. The van der Waals surface area contributed by atoms with Gasteiger partial charge in [0.1, 0.15) is 6.61 Å². The van der Waals surface area contributed by atoms with Crippen LogP contribution in [0, 0.1) is 11.8 Å². The highest BCUT2D eigenvalue weighted by Crippen LogP contribution is 2.51. The molecule has 0 radical (unpaired) electrons. The zero-order chi connectivity index (χ0) is 14.4. The van der Waals surface area contributed by atoms with Crippen molar-refractivity contribution in [3.63, 3.8) is 0 Å². The van der Waals surface area contributed by atoms with E-state index in [2.05, 4.69) is 24.3 Å². The van der Waals surface area contributed by atoms with Gasteiger partial charge in [0.2, 0.25) is 5.91 Å². The summed E-state index contributed by atoms with van der Waals surface area (Å²) in [5.74, 6) is 1.29. The Labute approximate surface area is 124 Å². The van der Waals surface area contributed by atoms with Crippen LogP contribution in [0.2, 0.25) is 0 Å². The Morgan fingerprint density at radius 2 is 2.00 bits per heavy atom. The number of hydrogen-bond donors (Lipinski definition) is 1. The minimum atomic E-state index is -0.394. The van der Waals surface area contributed by atoms with Crippen LogP contribution in [0.5, 0.6) is 0 Å². The molecule has 1 aromatic rings. The van der Waals surface area contributed by atoms with Crippen LogP contribution in [-0.4, -0.2) is 42.2 Å². The summed E-state index contributed by atoms with van der Waals surface area (Å²) in [7, 11) is 0. The van der Waals surface area contributed by atoms with Gasteiger partial charge in [0.25, 0.3) is 0 Å². The lowest BCUT2D eigenvalue weighted by Crippen LogP contribution is -2.32. The molecule has 0 spiro atoms. The summed E-state index contributed by atoms with van der Waals surface area (Å²) >= 11 is 0. The van der Waals surface area contributed by atoms with Crippen LogP contribution in [0.4, 0.5) is 0 Å². The fourth-order valence-electron chi connectivity index (χ4n) is 3.84. The van der Waals surface area contributed by atoms with Crippen molar-refractivity contribution in [2.24, 2.45) is 11.8 Å². The lowest BCUT2D eigenvalue weighted by atomic mass is 9.96. The van der Waals surface area contributed by atoms with Crippen LogP contribution in [0.25, 0.3) is 0 Å². The van der Waals surface area contributed by atoms with Crippen molar-refractivity contribution in [2.75, 3.05) is 26.3 Å². The van der Waals surface area contributed by atoms with Gasteiger partial charge in [0.15, 0.2) is 0 Å². The molecule has 1 heterocycles. The van der Waals surface area contributed by atoms with E-state index in [4.69, 9.17) is 9.84 Å². The second-order valence-corrected chi connectivity index (χ2v) is 6.55. The Bertz CT molecular complexity index is 555. The van der Waals surface area contributed by atoms with Gasteiger partial charge in [-0.1, -0.05) is 24.3 Å². The molecule has 0 bridgehead atoms. The monoisotopic (exact) mass is 287 g/mol. The number of hydrogen-bond acceptors (Lipinski definition) is 3. The molecule has 1 saturated heterocycles. The molecule has 21 heavy (non-hydrogen) atoms. The molecule has 1 aliphatic heterocycles. The Morgan fingerprint density at radius 3 is 2.71 bits per heavy atom. The molecular formula is C17H21NO3. The van der Waals surface area contributed by atoms with Gasteiger partial charge in [0, 0.05) is 24.9 Å². The molecule has 4 rings (SSSR count). The molecule has 1 N–H and O–H groups in total. The predicted molar refractivity (Wildman–Crippen MR) is 77.8 cm³/mol. The molecule has 1 amide bonds. The van der Waals surface area contributed by atoms with E-state index < -0.39 is 6.61 Å².